The lowest BCUT2D eigenvalue weighted by atomic mass is 9.98. The Morgan fingerprint density at radius 2 is 2.10 bits per heavy atom. The average Bonchev–Trinajstić information content (AvgIpc) is 2.77. The highest BCUT2D eigenvalue weighted by atomic mass is 16.4. The molecule has 2 amide bonds. The third-order valence-corrected chi connectivity index (χ3v) is 3.48. The van der Waals surface area contributed by atoms with Crippen LogP contribution in [0.3, 0.4) is 0 Å². The summed E-state index contributed by atoms with van der Waals surface area (Å²) in [7, 11) is 1.62. The molecule has 1 heterocycles. The Hall–Kier alpha value is -2.08. The number of hydrogen-bond acceptors (Lipinski definition) is 3. The van der Waals surface area contributed by atoms with Gasteiger partial charge >= 0.3 is 12.0 Å². The number of hydrogen-bond donors (Lipinski definition) is 2. The summed E-state index contributed by atoms with van der Waals surface area (Å²) in [5.74, 6) is -1.06. The Morgan fingerprint density at radius 1 is 1.40 bits per heavy atom. The molecule has 0 fully saturated rings. The number of carbonyl (C=O) groups excluding carboxylic acids is 1. The van der Waals surface area contributed by atoms with Crippen molar-refractivity contribution in [1.29, 1.82) is 0 Å². The maximum Gasteiger partial charge on any atom is 0.324 e. The fourth-order valence-electron chi connectivity index (χ4n) is 2.51. The highest BCUT2D eigenvalue weighted by molar-refractivity contribution is 5.95. The predicted molar refractivity (Wildman–Crippen MR) is 73.9 cm³/mol. The van der Waals surface area contributed by atoms with Gasteiger partial charge in [-0.25, -0.2) is 4.79 Å². The predicted octanol–water partition coefficient (Wildman–Crippen LogP) is 1.11. The molecule has 0 saturated carbocycles. The van der Waals surface area contributed by atoms with Crippen LogP contribution >= 0.6 is 0 Å². The Balaban J connectivity index is 2.24. The maximum absolute atomic E-state index is 12.3. The lowest BCUT2D eigenvalue weighted by Gasteiger charge is -2.24. The van der Waals surface area contributed by atoms with Crippen molar-refractivity contribution in [1.82, 2.24) is 4.90 Å². The molecule has 0 aromatic heterocycles. The minimum Gasteiger partial charge on any atom is -0.481 e. The van der Waals surface area contributed by atoms with Gasteiger partial charge in [-0.15, -0.1) is 0 Å². The zero-order chi connectivity index (χ0) is 14.7. The third-order valence-electron chi connectivity index (χ3n) is 3.48. The number of likely N-dealkylation sites (N-methyl/N-ethyl adjacent to an activating group) is 1. The van der Waals surface area contributed by atoms with Gasteiger partial charge in [-0.2, -0.15) is 0 Å². The van der Waals surface area contributed by atoms with Gasteiger partial charge in [0.2, 0.25) is 0 Å². The number of amides is 2. The first kappa shape index (κ1) is 14.3. The lowest BCUT2D eigenvalue weighted by molar-refractivity contribution is -0.137. The summed E-state index contributed by atoms with van der Waals surface area (Å²) in [5, 5.41) is 17.9. The van der Waals surface area contributed by atoms with E-state index in [0.29, 0.717) is 6.54 Å². The number of urea groups is 1. The van der Waals surface area contributed by atoms with E-state index in [-0.39, 0.29) is 31.5 Å². The molecule has 1 atom stereocenters. The summed E-state index contributed by atoms with van der Waals surface area (Å²) in [6.45, 7) is 0.512. The van der Waals surface area contributed by atoms with Gasteiger partial charge in [-0.1, -0.05) is 18.2 Å². The van der Waals surface area contributed by atoms with Crippen molar-refractivity contribution in [2.24, 2.45) is 0 Å². The number of carbonyl (C=O) groups is 2. The normalized spacial score (nSPS) is 16.9. The number of aliphatic hydroxyl groups is 1. The number of anilines is 1. The molecule has 1 unspecified atom stereocenters. The molecule has 6 nitrogen and oxygen atoms in total. The van der Waals surface area contributed by atoms with Crippen LogP contribution in [0.1, 0.15) is 17.9 Å². The maximum atomic E-state index is 12.3. The fourth-order valence-corrected chi connectivity index (χ4v) is 2.51. The zero-order valence-corrected chi connectivity index (χ0v) is 11.3. The largest absolute Gasteiger partial charge is 0.481 e. The first-order valence-electron chi connectivity index (χ1n) is 6.48. The van der Waals surface area contributed by atoms with Crippen LogP contribution in [-0.4, -0.2) is 53.9 Å². The summed E-state index contributed by atoms with van der Waals surface area (Å²) in [6, 6.07) is 7.14. The van der Waals surface area contributed by atoms with Crippen molar-refractivity contribution >= 4 is 17.7 Å². The lowest BCUT2D eigenvalue weighted by Crippen LogP contribution is -2.42. The first-order valence-corrected chi connectivity index (χ1v) is 6.48. The van der Waals surface area contributed by atoms with Crippen LogP contribution in [0.15, 0.2) is 24.3 Å². The molecule has 2 N–H and O–H groups in total. The smallest absolute Gasteiger partial charge is 0.324 e. The molecule has 1 aliphatic rings. The minimum absolute atomic E-state index is 0.00447. The molecule has 108 valence electrons. The Labute approximate surface area is 117 Å². The van der Waals surface area contributed by atoms with Crippen molar-refractivity contribution in [3.8, 4) is 0 Å². The molecule has 2 rings (SSSR count). The van der Waals surface area contributed by atoms with E-state index in [0.717, 1.165) is 11.3 Å². The number of nitrogens with zero attached hydrogens (tertiary/aromatic N) is 2. The van der Waals surface area contributed by atoms with E-state index in [1.54, 1.807) is 11.9 Å². The number of aliphatic hydroxyl groups excluding tert-OH is 1. The Kier molecular flexibility index (Phi) is 4.24. The number of rotatable bonds is 4. The second-order valence-corrected chi connectivity index (χ2v) is 4.89. The summed E-state index contributed by atoms with van der Waals surface area (Å²) in [5.41, 5.74) is 1.65. The molecule has 1 aromatic rings. The van der Waals surface area contributed by atoms with Gasteiger partial charge in [0.25, 0.3) is 0 Å². The molecule has 0 spiro atoms. The van der Waals surface area contributed by atoms with Gasteiger partial charge in [0.1, 0.15) is 0 Å². The van der Waals surface area contributed by atoms with Crippen LogP contribution in [0.25, 0.3) is 0 Å². The van der Waals surface area contributed by atoms with Crippen LogP contribution in [0.4, 0.5) is 10.5 Å². The number of fused-ring (bicyclic) bond motifs is 1. The summed E-state index contributed by atoms with van der Waals surface area (Å²) in [4.78, 5) is 26.3. The Bertz CT molecular complexity index is 518. The van der Waals surface area contributed by atoms with Crippen LogP contribution in [0.2, 0.25) is 0 Å². The number of carboxylic acid groups (broad SMARTS) is 1. The van der Waals surface area contributed by atoms with Crippen molar-refractivity contribution in [3.05, 3.63) is 29.8 Å². The second kappa shape index (κ2) is 5.92. The highest BCUT2D eigenvalue weighted by Gasteiger charge is 2.34. The second-order valence-electron chi connectivity index (χ2n) is 4.89. The summed E-state index contributed by atoms with van der Waals surface area (Å²) < 4.78 is 0. The monoisotopic (exact) mass is 278 g/mol. The SMILES string of the molecule is CN(CCO)C(=O)N1CC(CC(=O)O)c2ccccc21. The number of para-hydroxylation sites is 1. The number of carboxylic acids is 1. The molecule has 0 aliphatic carbocycles. The molecule has 0 radical (unpaired) electrons. The van der Waals surface area contributed by atoms with E-state index in [9.17, 15) is 9.59 Å². The van der Waals surface area contributed by atoms with E-state index in [2.05, 4.69) is 0 Å². The van der Waals surface area contributed by atoms with Gasteiger partial charge in [-0.05, 0) is 11.6 Å². The average molecular weight is 278 g/mol. The van der Waals surface area contributed by atoms with Gasteiger partial charge in [0, 0.05) is 31.7 Å². The van der Waals surface area contributed by atoms with Crippen molar-refractivity contribution in [2.75, 3.05) is 31.6 Å². The molecule has 20 heavy (non-hydrogen) atoms. The molecular weight excluding hydrogens is 260 g/mol. The summed E-state index contributed by atoms with van der Waals surface area (Å²) in [6.07, 6.45) is 0.00447. The minimum atomic E-state index is -0.872. The van der Waals surface area contributed by atoms with Crippen molar-refractivity contribution in [2.45, 2.75) is 12.3 Å². The molecule has 0 bridgehead atoms. The van der Waals surface area contributed by atoms with Crippen LogP contribution in [0, 0.1) is 0 Å². The number of aliphatic carboxylic acids is 1. The topological polar surface area (TPSA) is 81.1 Å². The van der Waals surface area contributed by atoms with Crippen molar-refractivity contribution < 1.29 is 19.8 Å². The molecule has 1 aliphatic heterocycles. The fraction of sp³-hybridized carbons (Fsp3) is 0.429. The summed E-state index contributed by atoms with van der Waals surface area (Å²) >= 11 is 0. The van der Waals surface area contributed by atoms with Crippen LogP contribution in [-0.2, 0) is 4.79 Å². The first-order chi connectivity index (χ1) is 9.54. The van der Waals surface area contributed by atoms with E-state index in [4.69, 9.17) is 10.2 Å². The van der Waals surface area contributed by atoms with Gasteiger partial charge < -0.3 is 15.1 Å². The van der Waals surface area contributed by atoms with Crippen LogP contribution in [0.5, 0.6) is 0 Å². The van der Waals surface area contributed by atoms with Gasteiger partial charge in [0.05, 0.1) is 13.0 Å². The van der Waals surface area contributed by atoms with E-state index in [1.165, 1.54) is 4.90 Å². The molecular formula is C14H18N2O4. The van der Waals surface area contributed by atoms with E-state index >= 15 is 0 Å². The third kappa shape index (κ3) is 2.75. The molecule has 6 heteroatoms. The quantitative estimate of drug-likeness (QED) is 0.864. The zero-order valence-electron chi connectivity index (χ0n) is 11.3. The Morgan fingerprint density at radius 3 is 2.75 bits per heavy atom. The van der Waals surface area contributed by atoms with Gasteiger partial charge in [-0.3, -0.25) is 9.69 Å². The standard InChI is InChI=1S/C14H18N2O4/c1-15(6-7-17)14(20)16-9-10(8-13(18)19)11-4-2-3-5-12(11)16/h2-5,10,17H,6-9H2,1H3,(H,18,19). The van der Waals surface area contributed by atoms with Gasteiger partial charge in [0.15, 0.2) is 0 Å². The van der Waals surface area contributed by atoms with E-state index < -0.39 is 5.97 Å². The highest BCUT2D eigenvalue weighted by Crippen LogP contribution is 2.38. The van der Waals surface area contributed by atoms with E-state index in [1.807, 2.05) is 24.3 Å². The molecule has 0 saturated heterocycles. The molecule has 1 aromatic carbocycles. The van der Waals surface area contributed by atoms with Crippen LogP contribution < -0.4 is 4.90 Å². The van der Waals surface area contributed by atoms with Crippen molar-refractivity contribution in [3.63, 3.8) is 0 Å². The number of benzene rings is 1.